The van der Waals surface area contributed by atoms with Crippen molar-refractivity contribution in [1.82, 2.24) is 10.6 Å². The molecule has 0 spiro atoms. The molecule has 1 amide bonds. The minimum atomic E-state index is -0.0277. The first kappa shape index (κ1) is 16.8. The van der Waals surface area contributed by atoms with E-state index in [4.69, 9.17) is 4.74 Å². The molecule has 4 nitrogen and oxygen atoms in total. The van der Waals surface area contributed by atoms with Gasteiger partial charge >= 0.3 is 0 Å². The van der Waals surface area contributed by atoms with Crippen LogP contribution in [0, 0.1) is 0 Å². The number of hydrogen-bond donors (Lipinski definition) is 2. The highest BCUT2D eigenvalue weighted by Gasteiger charge is 2.38. The molecule has 0 aromatic heterocycles. The summed E-state index contributed by atoms with van der Waals surface area (Å²) in [4.78, 5) is 12.5. The fraction of sp³-hybridized carbons (Fsp3) is 0.611. The first-order valence-electron chi connectivity index (χ1n) is 8.04. The number of carbonyl (C=O) groups excluding carboxylic acids is 1. The fourth-order valence-corrected chi connectivity index (χ4v) is 3.59. The van der Waals surface area contributed by atoms with Gasteiger partial charge in [0.15, 0.2) is 0 Å². The molecule has 1 saturated heterocycles. The molecule has 2 rings (SSSR count). The third-order valence-electron chi connectivity index (χ3n) is 3.93. The smallest absolute Gasteiger partial charge is 0.251 e. The molecule has 1 aliphatic heterocycles. The molecule has 0 atom stereocenters. The van der Waals surface area contributed by atoms with Gasteiger partial charge in [0.05, 0.1) is 6.61 Å². The van der Waals surface area contributed by atoms with Gasteiger partial charge in [0.1, 0.15) is 5.75 Å². The van der Waals surface area contributed by atoms with Crippen molar-refractivity contribution >= 4 is 5.91 Å². The lowest BCUT2D eigenvalue weighted by atomic mass is 9.79. The Balaban J connectivity index is 2.06. The lowest BCUT2D eigenvalue weighted by Crippen LogP contribution is -2.62. The minimum Gasteiger partial charge on any atom is -0.494 e. The van der Waals surface area contributed by atoms with Crippen molar-refractivity contribution < 1.29 is 9.53 Å². The summed E-state index contributed by atoms with van der Waals surface area (Å²) in [6.45, 7) is 11.3. The SMILES string of the molecule is CCOc1cccc(C(=O)NC2CC(C)(C)NC(C)(C)C2)c1. The van der Waals surface area contributed by atoms with Crippen LogP contribution in [0.2, 0.25) is 0 Å². The van der Waals surface area contributed by atoms with Gasteiger partial charge < -0.3 is 15.4 Å². The Hall–Kier alpha value is -1.55. The standard InChI is InChI=1S/C18H28N2O2/c1-6-22-15-9-7-8-13(10-15)16(21)19-14-11-17(2,3)20-18(4,5)12-14/h7-10,14,20H,6,11-12H2,1-5H3,(H,19,21). The van der Waals surface area contributed by atoms with Crippen LogP contribution in [0.1, 0.15) is 57.8 Å². The van der Waals surface area contributed by atoms with E-state index in [9.17, 15) is 4.79 Å². The number of ether oxygens (including phenoxy) is 1. The van der Waals surface area contributed by atoms with Gasteiger partial charge in [-0.15, -0.1) is 0 Å². The van der Waals surface area contributed by atoms with E-state index >= 15 is 0 Å². The van der Waals surface area contributed by atoms with E-state index in [1.165, 1.54) is 0 Å². The summed E-state index contributed by atoms with van der Waals surface area (Å²) in [5.74, 6) is 0.709. The zero-order chi connectivity index (χ0) is 16.4. The molecule has 0 saturated carbocycles. The van der Waals surface area contributed by atoms with E-state index in [0.29, 0.717) is 12.2 Å². The first-order chi connectivity index (χ1) is 10.2. The summed E-state index contributed by atoms with van der Waals surface area (Å²) in [5, 5.41) is 6.81. The predicted molar refractivity (Wildman–Crippen MR) is 89.4 cm³/mol. The summed E-state index contributed by atoms with van der Waals surface area (Å²) in [5.41, 5.74) is 0.694. The number of nitrogens with one attached hydrogen (secondary N) is 2. The average molecular weight is 304 g/mol. The van der Waals surface area contributed by atoms with Gasteiger partial charge in [0.2, 0.25) is 0 Å². The van der Waals surface area contributed by atoms with Gasteiger partial charge in [-0.25, -0.2) is 0 Å². The van der Waals surface area contributed by atoms with Crippen LogP contribution in [-0.2, 0) is 0 Å². The van der Waals surface area contributed by atoms with E-state index in [2.05, 4.69) is 38.3 Å². The maximum absolute atomic E-state index is 12.5. The predicted octanol–water partition coefficient (Wildman–Crippen LogP) is 3.12. The Bertz CT molecular complexity index is 522. The summed E-state index contributed by atoms with van der Waals surface area (Å²) < 4.78 is 5.46. The lowest BCUT2D eigenvalue weighted by molar-refractivity contribution is 0.0872. The van der Waals surface area contributed by atoms with Crippen molar-refractivity contribution in [2.75, 3.05) is 6.61 Å². The minimum absolute atomic E-state index is 0.0207. The molecule has 0 aliphatic carbocycles. The van der Waals surface area contributed by atoms with E-state index in [1.807, 2.05) is 25.1 Å². The van der Waals surface area contributed by atoms with Crippen LogP contribution in [0.4, 0.5) is 0 Å². The molecule has 1 aromatic rings. The van der Waals surface area contributed by atoms with Crippen LogP contribution in [0.15, 0.2) is 24.3 Å². The van der Waals surface area contributed by atoms with Gasteiger partial charge in [-0.1, -0.05) is 6.07 Å². The van der Waals surface area contributed by atoms with Crippen LogP contribution in [0.5, 0.6) is 5.75 Å². The highest BCUT2D eigenvalue weighted by atomic mass is 16.5. The molecule has 2 N–H and O–H groups in total. The fourth-order valence-electron chi connectivity index (χ4n) is 3.59. The number of rotatable bonds is 4. The van der Waals surface area contributed by atoms with Crippen LogP contribution in [-0.4, -0.2) is 29.6 Å². The first-order valence-corrected chi connectivity index (χ1v) is 8.04. The quantitative estimate of drug-likeness (QED) is 0.898. The molecule has 0 unspecified atom stereocenters. The normalized spacial score (nSPS) is 20.4. The number of carbonyl (C=O) groups is 1. The average Bonchev–Trinajstić information content (AvgIpc) is 2.35. The summed E-state index contributed by atoms with van der Waals surface area (Å²) in [6, 6.07) is 7.54. The van der Waals surface area contributed by atoms with Gasteiger partial charge in [-0.2, -0.15) is 0 Å². The monoisotopic (exact) mass is 304 g/mol. The van der Waals surface area contributed by atoms with Crippen LogP contribution < -0.4 is 15.4 Å². The second kappa shape index (κ2) is 6.29. The van der Waals surface area contributed by atoms with Crippen molar-refractivity contribution in [3.8, 4) is 5.75 Å². The van der Waals surface area contributed by atoms with E-state index in [-0.39, 0.29) is 23.0 Å². The number of hydrogen-bond acceptors (Lipinski definition) is 3. The zero-order valence-corrected chi connectivity index (χ0v) is 14.3. The molecule has 1 aromatic carbocycles. The number of amides is 1. The molecule has 122 valence electrons. The summed E-state index contributed by atoms with van der Waals surface area (Å²) >= 11 is 0. The topological polar surface area (TPSA) is 50.4 Å². The largest absolute Gasteiger partial charge is 0.494 e. The highest BCUT2D eigenvalue weighted by Crippen LogP contribution is 2.28. The zero-order valence-electron chi connectivity index (χ0n) is 14.3. The van der Waals surface area contributed by atoms with E-state index in [1.54, 1.807) is 6.07 Å². The van der Waals surface area contributed by atoms with Crippen LogP contribution in [0.25, 0.3) is 0 Å². The molecule has 0 radical (unpaired) electrons. The third kappa shape index (κ3) is 4.47. The van der Waals surface area contributed by atoms with Gasteiger partial charge in [0, 0.05) is 22.7 Å². The lowest BCUT2D eigenvalue weighted by Gasteiger charge is -2.46. The molecule has 1 heterocycles. The van der Waals surface area contributed by atoms with Crippen molar-refractivity contribution in [3.63, 3.8) is 0 Å². The molecule has 1 aliphatic rings. The van der Waals surface area contributed by atoms with Crippen molar-refractivity contribution in [2.45, 2.75) is 64.6 Å². The second-order valence-electron chi connectivity index (χ2n) is 7.43. The third-order valence-corrected chi connectivity index (χ3v) is 3.93. The van der Waals surface area contributed by atoms with Crippen molar-refractivity contribution in [3.05, 3.63) is 29.8 Å². The molecule has 1 fully saturated rings. The maximum Gasteiger partial charge on any atom is 0.251 e. The summed E-state index contributed by atoms with van der Waals surface area (Å²) in [6.07, 6.45) is 1.85. The van der Waals surface area contributed by atoms with Gasteiger partial charge in [-0.05, 0) is 65.7 Å². The second-order valence-corrected chi connectivity index (χ2v) is 7.43. The number of piperidine rings is 1. The highest BCUT2D eigenvalue weighted by molar-refractivity contribution is 5.94. The molecular weight excluding hydrogens is 276 g/mol. The Labute approximate surface area is 133 Å². The number of benzene rings is 1. The Morgan fingerprint density at radius 2 is 1.91 bits per heavy atom. The molecule has 4 heteroatoms. The van der Waals surface area contributed by atoms with E-state index in [0.717, 1.165) is 18.6 Å². The Morgan fingerprint density at radius 3 is 2.50 bits per heavy atom. The van der Waals surface area contributed by atoms with Gasteiger partial charge in [-0.3, -0.25) is 4.79 Å². The Kier molecular flexibility index (Phi) is 4.81. The van der Waals surface area contributed by atoms with Crippen LogP contribution in [0.3, 0.4) is 0 Å². The van der Waals surface area contributed by atoms with E-state index < -0.39 is 0 Å². The van der Waals surface area contributed by atoms with Crippen LogP contribution >= 0.6 is 0 Å². The molecule has 0 bridgehead atoms. The van der Waals surface area contributed by atoms with Crippen molar-refractivity contribution in [1.29, 1.82) is 0 Å². The van der Waals surface area contributed by atoms with Gasteiger partial charge in [0.25, 0.3) is 5.91 Å². The maximum atomic E-state index is 12.5. The molecular formula is C18H28N2O2. The molecule has 22 heavy (non-hydrogen) atoms. The Morgan fingerprint density at radius 1 is 1.27 bits per heavy atom. The summed E-state index contributed by atoms with van der Waals surface area (Å²) in [7, 11) is 0. The van der Waals surface area contributed by atoms with Crippen molar-refractivity contribution in [2.24, 2.45) is 0 Å².